The first-order chi connectivity index (χ1) is 56.0. The van der Waals surface area contributed by atoms with Gasteiger partial charge in [-0.3, -0.25) is 0 Å². The molecule has 0 amide bonds. The van der Waals surface area contributed by atoms with Gasteiger partial charge in [-0.25, -0.2) is 0 Å². The molecule has 14 rings (SSSR count). The number of rotatable bonds is 23. The summed E-state index contributed by atoms with van der Waals surface area (Å²) < 4.78 is 13.9. The summed E-state index contributed by atoms with van der Waals surface area (Å²) in [5, 5.41) is 16.6. The van der Waals surface area contributed by atoms with Gasteiger partial charge in [-0.05, 0) is 0 Å². The van der Waals surface area contributed by atoms with E-state index in [1.54, 1.807) is 45.0 Å². The molecule has 0 saturated heterocycles. The molecule has 0 atom stereocenters. The Morgan fingerprint density at radius 2 is 0.456 bits per heavy atom. The maximum absolute atomic E-state index is 2.38. The minimum absolute atomic E-state index is 0.171. The molecule has 14 aromatic carbocycles. The molecular weight excluding hydrogens is 1780 g/mol. The predicted octanol–water partition coefficient (Wildman–Crippen LogP) is 16.5. The summed E-state index contributed by atoms with van der Waals surface area (Å²) in [6, 6.07) is 157. The molecule has 0 radical (unpaired) electrons. The fourth-order valence-corrected chi connectivity index (χ4v) is 46.6. The molecule has 0 nitrogen and oxygen atoms in total. The van der Waals surface area contributed by atoms with Crippen LogP contribution in [-0.2, 0) is 0 Å². The summed E-state index contributed by atoms with van der Waals surface area (Å²) in [5.74, 6) is 0. The second-order valence-electron chi connectivity index (χ2n) is 29.5. The van der Waals surface area contributed by atoms with Crippen LogP contribution in [0.25, 0.3) is 0 Å². The Morgan fingerprint density at radius 1 is 0.246 bits per heavy atom. The van der Waals surface area contributed by atoms with Crippen molar-refractivity contribution in [3.05, 3.63) is 425 Å². The van der Waals surface area contributed by atoms with E-state index in [4.69, 9.17) is 0 Å². The fourth-order valence-electron chi connectivity index (χ4n) is 14.1. The summed E-state index contributed by atoms with van der Waals surface area (Å²) in [7, 11) is -3.16. The van der Waals surface area contributed by atoms with Crippen LogP contribution in [0, 0.1) is 0 Å². The van der Waals surface area contributed by atoms with Crippen LogP contribution in [0.1, 0.15) is 62.3 Å². The fraction of sp³-hybridized carbons (Fsp3) is 0.200. The number of hydrogen-bond acceptors (Lipinski definition) is 0. The van der Waals surface area contributed by atoms with Gasteiger partial charge in [0.1, 0.15) is 8.80 Å². The first kappa shape index (κ1) is 95.7. The summed E-state index contributed by atoms with van der Waals surface area (Å²) in [4.78, 5) is 0. The van der Waals surface area contributed by atoms with E-state index in [-0.39, 0.29) is 18.3 Å². The van der Waals surface area contributed by atoms with Crippen LogP contribution in [0.2, 0.25) is 66.8 Å². The SMILES string of the molecule is CC[SiH](CC)CC.C[CH2][GeH]([CH2]C)[CH2]C.C[CH2][SnH]([CH2]C)[CH2]C.C[SiH](C)c1ccccc1.C[SiH](c1ccccc1)c1ccccc1.c1cc[c]([GeH]([c]2ccccc2)[c]2ccccc2)cc1.c1cc[c]([SnH]([c]2ccccc2)[c]2ccccc2)cc1.c1ccc([SiH2]c2ccccc2)cc1.c1ccc([SiH](c2ccccc2)c2ccccc2)cc1. The first-order valence-electron chi connectivity index (χ1n) is 42.7. The van der Waals surface area contributed by atoms with Crippen molar-refractivity contribution in [2.45, 2.75) is 129 Å². The van der Waals surface area contributed by atoms with Gasteiger partial charge in [0.15, 0.2) is 0 Å². The van der Waals surface area contributed by atoms with Crippen LogP contribution in [-0.4, -0.2) is 113 Å². The van der Waals surface area contributed by atoms with Crippen LogP contribution in [0.4, 0.5) is 0 Å². The molecule has 9 heteroatoms. The Hall–Kier alpha value is -7.15. The molecule has 0 heterocycles. The quantitative estimate of drug-likeness (QED) is 0.0442. The molecule has 0 unspecified atom stereocenters. The molecule has 0 bridgehead atoms. The van der Waals surface area contributed by atoms with Gasteiger partial charge < -0.3 is 0 Å². The molecule has 14 aromatic rings. The van der Waals surface area contributed by atoms with Gasteiger partial charge in [0.25, 0.3) is 0 Å². The second-order valence-corrected chi connectivity index (χ2v) is 79.2. The molecule has 0 N–H and O–H groups in total. The van der Waals surface area contributed by atoms with E-state index in [0.29, 0.717) is 0 Å². The van der Waals surface area contributed by atoms with E-state index in [1.165, 1.54) is 67.6 Å². The van der Waals surface area contributed by atoms with Crippen LogP contribution in [0.15, 0.2) is 425 Å². The average molecular weight is 1920 g/mol. The van der Waals surface area contributed by atoms with Gasteiger partial charge in [-0.2, -0.15) is 0 Å². The molecule has 590 valence electrons. The van der Waals surface area contributed by atoms with Crippen molar-refractivity contribution in [3.8, 4) is 0 Å². The maximum atomic E-state index is 2.38. The number of benzene rings is 14. The van der Waals surface area contributed by atoms with Gasteiger partial charge in [-0.15, -0.1) is 0 Å². The summed E-state index contributed by atoms with van der Waals surface area (Å²) in [6.45, 7) is 28.1. The molecule has 114 heavy (non-hydrogen) atoms. The zero-order valence-corrected chi connectivity index (χ0v) is 88.6. The van der Waals surface area contributed by atoms with Crippen molar-refractivity contribution in [3.63, 3.8) is 0 Å². The van der Waals surface area contributed by atoms with Crippen molar-refractivity contribution in [1.29, 1.82) is 0 Å². The minimum atomic E-state index is -2.14. The van der Waals surface area contributed by atoms with Crippen LogP contribution in [0.5, 0.6) is 0 Å². The first-order valence-corrected chi connectivity index (χ1v) is 74.2. The molecule has 0 fully saturated rings. The summed E-state index contributed by atoms with van der Waals surface area (Å²) in [6.07, 6.45) is 0. The summed E-state index contributed by atoms with van der Waals surface area (Å²) in [5.41, 5.74) is 0. The van der Waals surface area contributed by atoms with Gasteiger partial charge in [0.2, 0.25) is 0 Å². The Kier molecular flexibility index (Phi) is 50.7. The molecule has 0 aromatic heterocycles. The molecule has 0 aliphatic carbocycles. The topological polar surface area (TPSA) is 0 Å². The smallest absolute Gasteiger partial charge is 0.0633 e. The van der Waals surface area contributed by atoms with E-state index < -0.39 is 94.6 Å². The molecular formula is C105H134Ge2Si5Sn2. The van der Waals surface area contributed by atoms with Crippen molar-refractivity contribution >= 4 is 178 Å². The zero-order chi connectivity index (χ0) is 81.3. The molecule has 0 aliphatic rings. The summed E-state index contributed by atoms with van der Waals surface area (Å²) >= 11 is -5.35. The van der Waals surface area contributed by atoms with Crippen molar-refractivity contribution in [2.75, 3.05) is 0 Å². The Balaban J connectivity index is 0.000000205. The van der Waals surface area contributed by atoms with Crippen molar-refractivity contribution in [1.82, 2.24) is 0 Å². The van der Waals surface area contributed by atoms with Crippen LogP contribution >= 0.6 is 0 Å². The average Bonchev–Trinajstić information content (AvgIpc) is 0.833. The predicted molar refractivity (Wildman–Crippen MR) is 543 cm³/mol. The Morgan fingerprint density at radius 3 is 0.640 bits per heavy atom. The Labute approximate surface area is 724 Å². The third kappa shape index (κ3) is 37.0. The van der Waals surface area contributed by atoms with Gasteiger partial charge >= 0.3 is 345 Å². The van der Waals surface area contributed by atoms with E-state index in [2.05, 4.69) is 507 Å². The largest absolute Gasteiger partial charge is 0.132 e. The second kappa shape index (κ2) is 60.4. The molecule has 0 spiro atoms. The molecule has 0 saturated carbocycles. The van der Waals surface area contributed by atoms with E-state index in [1.807, 2.05) is 0 Å². The van der Waals surface area contributed by atoms with Crippen molar-refractivity contribution < 1.29 is 0 Å². The maximum Gasteiger partial charge on any atom is 0.132 e. The van der Waals surface area contributed by atoms with Crippen molar-refractivity contribution in [2.24, 2.45) is 0 Å². The van der Waals surface area contributed by atoms with E-state index in [9.17, 15) is 0 Å². The standard InChI is InChI=1S/C18H16Ge.C18H16Si.C13H14Si.C12H12Si.C8H12Si.C6H16Ge.C6H16Si.3C6H5.3C2H5.2Sn.2H/c2*1-4-10-16(11-5-1)19(17-12-6-2-7-13-17)18-14-8-3-9-15-18;1-14(12-8-4-2-5-9-12)13-10-6-3-7-11-13;1-3-7-11(8-4-1)13-12-9-5-2-6-10-12;1-9(2)8-6-4-3-5-7-8;2*1-4-7(5-2)6-3;3*1-2-4-6-5-3-1;3*1-2;;;;/h2*1-15,19H;2-11,14H,1H3;1-10H,13H2;3-7,9H,1-2H3;2*7H,4-6H2,1-3H3;3*1-5H;3*1H2,2H3;;;;. The minimum Gasteiger partial charge on any atom is -0.0633 e. The normalized spacial score (nSPS) is 10.4. The van der Waals surface area contributed by atoms with Crippen LogP contribution < -0.4 is 65.4 Å². The van der Waals surface area contributed by atoms with Gasteiger partial charge in [0.05, 0.1) is 27.1 Å². The Bertz CT molecular complexity index is 3830. The van der Waals surface area contributed by atoms with Gasteiger partial charge in [0, 0.05) is 8.80 Å². The third-order valence-corrected chi connectivity index (χ3v) is 67.2. The van der Waals surface area contributed by atoms with Gasteiger partial charge in [-0.1, -0.05) is 343 Å². The van der Waals surface area contributed by atoms with E-state index in [0.717, 1.165) is 0 Å². The number of hydrogen-bond donors (Lipinski definition) is 0. The monoisotopic (exact) mass is 1920 g/mol. The zero-order valence-electron chi connectivity index (χ0n) is 71.1. The van der Waals surface area contributed by atoms with Crippen LogP contribution in [0.3, 0.4) is 0 Å². The van der Waals surface area contributed by atoms with E-state index >= 15 is 0 Å². The third-order valence-electron chi connectivity index (χ3n) is 21.6. The molecule has 0 aliphatic heterocycles.